The topological polar surface area (TPSA) is 186 Å². The second-order valence-corrected chi connectivity index (χ2v) is 18.4. The van der Waals surface area contributed by atoms with Gasteiger partial charge >= 0.3 is 11.9 Å². The summed E-state index contributed by atoms with van der Waals surface area (Å²) in [6, 6.07) is 52.0. The standard InChI is InChI=1S/C26H28N3.C23H16O6.C15H14O4/c1-19-17-21(20(2)29(19)24-9-7-6-8-10-24)11-13-23-14-12-22-18-25(27(3)4)15-16-26(22)28(23)5;24-20-16(14-7-3-1-5-12(14)9-18(20)22(26)27)11-17-15-8-4-2-6-13(15)10-19(21(17)25)23(28)29;1-18-11-8-12(16)14(13(9-11)19-2)15(17)10-6-4-3-5-7-10/h6-18H,1-5H3;1-10,24-25H,11H2,(H,26,27)(H,28,29);3-9,16H,1-2H3/q+1;;/p-1. The van der Waals surface area contributed by atoms with Crippen molar-refractivity contribution in [2.24, 2.45) is 7.05 Å². The molecule has 0 amide bonds. The largest absolute Gasteiger partial charge is 0.872 e. The zero-order valence-electron chi connectivity index (χ0n) is 43.6. The molecule has 0 spiro atoms. The number of phenolic OH excluding ortho intramolecular Hbond substituents is 1. The molecule has 0 aliphatic carbocycles. The third kappa shape index (κ3) is 11.3. The van der Waals surface area contributed by atoms with Crippen molar-refractivity contribution in [3.63, 3.8) is 0 Å². The molecule has 13 nitrogen and oxygen atoms in total. The molecular formula is C64H57N3O10. The number of aromatic carboxylic acids is 2. The minimum atomic E-state index is -1.34. The first kappa shape index (κ1) is 53.4. The number of fused-ring (bicyclic) bond motifs is 3. The van der Waals surface area contributed by atoms with E-state index in [4.69, 9.17) is 9.47 Å². The Labute approximate surface area is 445 Å². The van der Waals surface area contributed by atoms with E-state index in [9.17, 15) is 39.9 Å². The van der Waals surface area contributed by atoms with Gasteiger partial charge < -0.3 is 44.5 Å². The van der Waals surface area contributed by atoms with Crippen LogP contribution in [0.3, 0.4) is 0 Å². The van der Waals surface area contributed by atoms with E-state index in [1.54, 1.807) is 78.9 Å². The van der Waals surface area contributed by atoms with E-state index in [0.29, 0.717) is 32.9 Å². The SMILES string of the molecule is COc1cc(O)c(C(=O)c2ccccc2)c(OC)c1.Cc1cc(C=Cc2ccc3cc(N(C)C)ccc3[n+]2C)c(C)n1-c1ccccc1.O=C(O)c1cc2ccccc2c(Cc2c(O)c(C(=O)O)cc3ccccc23)c1[O-]. The highest BCUT2D eigenvalue weighted by atomic mass is 16.5. The van der Waals surface area contributed by atoms with Gasteiger partial charge in [0.25, 0.3) is 0 Å². The Morgan fingerprint density at radius 2 is 1.25 bits per heavy atom. The van der Waals surface area contributed by atoms with Crippen molar-refractivity contribution in [1.82, 2.24) is 4.57 Å². The van der Waals surface area contributed by atoms with Crippen molar-refractivity contribution < 1.29 is 54.0 Å². The number of carbonyl (C=O) groups is 3. The smallest absolute Gasteiger partial charge is 0.339 e. The number of methoxy groups -OCH3 is 2. The number of pyridine rings is 1. The third-order valence-corrected chi connectivity index (χ3v) is 13.4. The molecule has 2 heterocycles. The number of phenols is 2. The number of aryl methyl sites for hydroxylation is 2. The zero-order valence-corrected chi connectivity index (χ0v) is 43.6. The first-order valence-corrected chi connectivity index (χ1v) is 24.5. The molecule has 8 aromatic carbocycles. The van der Waals surface area contributed by atoms with E-state index in [1.165, 1.54) is 77.3 Å². The molecule has 0 radical (unpaired) electrons. The number of aromatic hydroxyl groups is 2. The van der Waals surface area contributed by atoms with Crippen molar-refractivity contribution in [2.75, 3.05) is 33.2 Å². The van der Waals surface area contributed by atoms with Gasteiger partial charge in [-0.2, -0.15) is 4.57 Å². The Hall–Kier alpha value is -9.88. The first-order chi connectivity index (χ1) is 37.0. The maximum Gasteiger partial charge on any atom is 0.339 e. The lowest BCUT2D eigenvalue weighted by atomic mass is 9.90. The first-order valence-electron chi connectivity index (χ1n) is 24.5. The number of ether oxygens (including phenoxy) is 2. The lowest BCUT2D eigenvalue weighted by Crippen LogP contribution is -2.32. The van der Waals surface area contributed by atoms with Gasteiger partial charge in [0.15, 0.2) is 0 Å². The Balaban J connectivity index is 0.000000157. The summed E-state index contributed by atoms with van der Waals surface area (Å²) in [5.74, 6) is -3.45. The molecule has 77 heavy (non-hydrogen) atoms. The van der Waals surface area contributed by atoms with Crippen LogP contribution >= 0.6 is 0 Å². The number of carboxylic acid groups (broad SMARTS) is 2. The molecule has 2 aromatic heterocycles. The molecule has 13 heteroatoms. The molecule has 10 rings (SSSR count). The van der Waals surface area contributed by atoms with Crippen molar-refractivity contribution in [3.8, 4) is 34.4 Å². The second-order valence-electron chi connectivity index (χ2n) is 18.4. The molecule has 388 valence electrons. The molecule has 0 atom stereocenters. The molecule has 0 unspecified atom stereocenters. The predicted molar refractivity (Wildman–Crippen MR) is 300 cm³/mol. The van der Waals surface area contributed by atoms with Gasteiger partial charge in [0.05, 0.1) is 19.8 Å². The second kappa shape index (κ2) is 23.1. The van der Waals surface area contributed by atoms with E-state index in [0.717, 1.165) is 0 Å². The third-order valence-electron chi connectivity index (χ3n) is 13.4. The number of carbonyl (C=O) groups excluding carboxylic acids is 1. The zero-order chi connectivity index (χ0) is 55.1. The maximum absolute atomic E-state index is 12.9. The van der Waals surface area contributed by atoms with Gasteiger partial charge in [0.2, 0.25) is 17.0 Å². The van der Waals surface area contributed by atoms with Gasteiger partial charge in [-0.05, 0) is 101 Å². The van der Waals surface area contributed by atoms with E-state index in [1.807, 2.05) is 6.07 Å². The molecule has 10 aromatic rings. The number of rotatable bonds is 12. The van der Waals surface area contributed by atoms with Gasteiger partial charge in [-0.3, -0.25) is 4.79 Å². The number of nitrogens with zero attached hydrogens (tertiary/aromatic N) is 3. The fourth-order valence-electron chi connectivity index (χ4n) is 9.44. The van der Waals surface area contributed by atoms with Gasteiger partial charge in [-0.1, -0.05) is 103 Å². The van der Waals surface area contributed by atoms with Gasteiger partial charge in [0.1, 0.15) is 41.2 Å². The highest BCUT2D eigenvalue weighted by Crippen LogP contribution is 2.39. The normalized spacial score (nSPS) is 10.9. The average Bonchev–Trinajstić information content (AvgIpc) is 3.74. The van der Waals surface area contributed by atoms with Crippen LogP contribution in [-0.2, 0) is 13.5 Å². The molecule has 0 aliphatic rings. The molecule has 0 fully saturated rings. The molecule has 0 aliphatic heterocycles. The number of para-hydroxylation sites is 1. The number of hydrogen-bond donors (Lipinski definition) is 4. The van der Waals surface area contributed by atoms with E-state index >= 15 is 0 Å². The van der Waals surface area contributed by atoms with Crippen molar-refractivity contribution in [2.45, 2.75) is 20.3 Å². The molecule has 0 bridgehead atoms. The van der Waals surface area contributed by atoms with Crippen LogP contribution in [0.25, 0.3) is 50.3 Å². The monoisotopic (exact) mass is 1030 g/mol. The predicted octanol–water partition coefficient (Wildman–Crippen LogP) is 11.7. The summed E-state index contributed by atoms with van der Waals surface area (Å²) >= 11 is 0. The van der Waals surface area contributed by atoms with Crippen LogP contribution < -0.4 is 24.0 Å². The fourth-order valence-corrected chi connectivity index (χ4v) is 9.44. The highest BCUT2D eigenvalue weighted by Gasteiger charge is 2.22. The van der Waals surface area contributed by atoms with E-state index < -0.39 is 23.4 Å². The lowest BCUT2D eigenvalue weighted by Gasteiger charge is -2.21. The summed E-state index contributed by atoms with van der Waals surface area (Å²) in [6.45, 7) is 4.35. The maximum atomic E-state index is 12.9. The molecule has 0 saturated heterocycles. The Morgan fingerprint density at radius 3 is 1.86 bits per heavy atom. The fraction of sp³-hybridized carbons (Fsp3) is 0.125. The minimum Gasteiger partial charge on any atom is -0.872 e. The van der Waals surface area contributed by atoms with Crippen LogP contribution in [-0.4, -0.2) is 71.0 Å². The highest BCUT2D eigenvalue weighted by molar-refractivity contribution is 6.12. The number of anilines is 1. The van der Waals surface area contributed by atoms with Crippen LogP contribution in [0.5, 0.6) is 28.7 Å². The molecular weight excluding hydrogens is 971 g/mol. The van der Waals surface area contributed by atoms with Crippen molar-refractivity contribution >= 4 is 68.0 Å². The van der Waals surface area contributed by atoms with Crippen LogP contribution in [0.4, 0.5) is 5.69 Å². The molecule has 0 saturated carbocycles. The lowest BCUT2D eigenvalue weighted by molar-refractivity contribution is -0.646. The number of benzene rings is 8. The summed E-state index contributed by atoms with van der Waals surface area (Å²) < 4.78 is 14.7. The van der Waals surface area contributed by atoms with Crippen LogP contribution in [0.1, 0.15) is 70.4 Å². The number of hydrogen-bond acceptors (Lipinski definition) is 9. The summed E-state index contributed by atoms with van der Waals surface area (Å²) in [7, 11) is 9.20. The number of carboxylic acids is 2. The Kier molecular flexibility index (Phi) is 16.0. The molecule has 4 N–H and O–H groups in total. The van der Waals surface area contributed by atoms with Gasteiger partial charge in [-0.25, -0.2) is 9.59 Å². The van der Waals surface area contributed by atoms with Gasteiger partial charge in [-0.15, -0.1) is 0 Å². The van der Waals surface area contributed by atoms with E-state index in [2.05, 4.69) is 128 Å². The van der Waals surface area contributed by atoms with E-state index in [-0.39, 0.29) is 51.5 Å². The summed E-state index contributed by atoms with van der Waals surface area (Å²) in [4.78, 5) is 37.7. The summed E-state index contributed by atoms with van der Waals surface area (Å²) in [6.07, 6.45) is 4.32. The quantitative estimate of drug-likeness (QED) is 0.0674. The van der Waals surface area contributed by atoms with Crippen LogP contribution in [0.15, 0.2) is 170 Å². The Bertz CT molecular complexity index is 3780. The van der Waals surface area contributed by atoms with Gasteiger partial charge in [0, 0.05) is 90.1 Å². The van der Waals surface area contributed by atoms with Crippen molar-refractivity contribution in [1.29, 1.82) is 0 Å². The van der Waals surface area contributed by atoms with Crippen molar-refractivity contribution in [3.05, 3.63) is 226 Å². The van der Waals surface area contributed by atoms with Crippen LogP contribution in [0.2, 0.25) is 0 Å². The average molecular weight is 1030 g/mol. The summed E-state index contributed by atoms with van der Waals surface area (Å²) in [5, 5.41) is 56.0. The van der Waals surface area contributed by atoms with Crippen LogP contribution in [0, 0.1) is 13.8 Å². The number of aromatic nitrogens is 2. The summed E-state index contributed by atoms with van der Waals surface area (Å²) in [5.41, 5.74) is 9.02. The Morgan fingerprint density at radius 1 is 0.649 bits per heavy atom. The minimum absolute atomic E-state index is 0.103. The number of ketones is 1.